The Labute approximate surface area is 150 Å². The van der Waals surface area contributed by atoms with E-state index in [1.807, 2.05) is 0 Å². The third kappa shape index (κ3) is 4.93. The summed E-state index contributed by atoms with van der Waals surface area (Å²) in [5.41, 5.74) is 0.486. The molecule has 0 aliphatic heterocycles. The topological polar surface area (TPSA) is 105 Å². The molecule has 0 radical (unpaired) electrons. The van der Waals surface area contributed by atoms with Gasteiger partial charge in [0.05, 0.1) is 23.8 Å². The van der Waals surface area contributed by atoms with Crippen molar-refractivity contribution >= 4 is 23.7 Å². The molecular weight excluding hydrogens is 343 g/mol. The van der Waals surface area contributed by atoms with E-state index in [0.29, 0.717) is 31.2 Å². The number of halogens is 1. The van der Waals surface area contributed by atoms with Crippen LogP contribution in [-0.4, -0.2) is 35.7 Å². The number of ether oxygens (including phenoxy) is 1. The van der Waals surface area contributed by atoms with E-state index in [0.717, 1.165) is 0 Å². The van der Waals surface area contributed by atoms with E-state index >= 15 is 0 Å². The summed E-state index contributed by atoms with van der Waals surface area (Å²) < 4.78 is 19.0. The summed E-state index contributed by atoms with van der Waals surface area (Å²) in [6.45, 7) is 3.44. The van der Waals surface area contributed by atoms with E-state index < -0.39 is 23.8 Å². The van der Waals surface area contributed by atoms with Crippen LogP contribution >= 0.6 is 0 Å². The minimum atomic E-state index is -0.818. The van der Waals surface area contributed by atoms with Crippen LogP contribution in [0.4, 0.5) is 14.9 Å². The summed E-state index contributed by atoms with van der Waals surface area (Å²) >= 11 is 0. The fourth-order valence-corrected chi connectivity index (χ4v) is 3.03. The minimum Gasteiger partial charge on any atom is -0.481 e. The lowest BCUT2D eigenvalue weighted by Crippen LogP contribution is -2.41. The van der Waals surface area contributed by atoms with Gasteiger partial charge in [0.1, 0.15) is 5.82 Å². The largest absolute Gasteiger partial charge is 0.481 e. The number of hydrogen-bond donors (Lipinski definition) is 3. The highest BCUT2D eigenvalue weighted by Gasteiger charge is 2.27. The van der Waals surface area contributed by atoms with Crippen LogP contribution in [0.15, 0.2) is 12.1 Å². The Morgan fingerprint density at radius 1 is 1.23 bits per heavy atom. The minimum absolute atomic E-state index is 0.115. The van der Waals surface area contributed by atoms with Crippen molar-refractivity contribution in [3.63, 3.8) is 0 Å². The third-order valence-electron chi connectivity index (χ3n) is 4.47. The molecule has 2 amide bonds. The van der Waals surface area contributed by atoms with E-state index in [2.05, 4.69) is 10.6 Å². The summed E-state index contributed by atoms with van der Waals surface area (Å²) in [5, 5.41) is 14.1. The molecule has 2 rings (SSSR count). The van der Waals surface area contributed by atoms with Gasteiger partial charge in [-0.25, -0.2) is 14.0 Å². The van der Waals surface area contributed by atoms with Crippen LogP contribution in [-0.2, 0) is 9.53 Å². The van der Waals surface area contributed by atoms with Crippen molar-refractivity contribution in [2.24, 2.45) is 5.92 Å². The Morgan fingerprint density at radius 3 is 2.46 bits per heavy atom. The average molecular weight is 366 g/mol. The molecule has 0 spiro atoms. The Hall–Kier alpha value is -2.64. The number of amides is 2. The molecular formula is C18H23FN2O5. The number of anilines is 1. The van der Waals surface area contributed by atoms with E-state index in [1.165, 1.54) is 12.1 Å². The molecule has 0 heterocycles. The fourth-order valence-electron chi connectivity index (χ4n) is 3.03. The lowest BCUT2D eigenvalue weighted by Gasteiger charge is -2.26. The Balaban J connectivity index is 1.99. The number of carbonyl (C=O) groups is 3. The second kappa shape index (κ2) is 8.64. The normalized spacial score (nSPS) is 19.5. The van der Waals surface area contributed by atoms with Gasteiger partial charge in [-0.2, -0.15) is 0 Å². The van der Waals surface area contributed by atoms with E-state index in [9.17, 15) is 18.8 Å². The van der Waals surface area contributed by atoms with Crippen LogP contribution in [0, 0.1) is 18.7 Å². The predicted molar refractivity (Wildman–Crippen MR) is 92.6 cm³/mol. The van der Waals surface area contributed by atoms with Gasteiger partial charge in [0.15, 0.2) is 0 Å². The van der Waals surface area contributed by atoms with Crippen LogP contribution in [0.25, 0.3) is 0 Å². The standard InChI is InChI=1S/C18H23FN2O5/c1-3-26-17(24)13-9-15(14(19)8-10(13)2)21-18(25)20-12-6-4-11(5-7-12)16(22)23/h8-9,11-12H,3-7H2,1-2H3,(H,22,23)(H2,20,21,25). The number of carboxylic acids is 1. The molecule has 142 valence electrons. The van der Waals surface area contributed by atoms with Crippen LogP contribution in [0.5, 0.6) is 0 Å². The van der Waals surface area contributed by atoms with Crippen LogP contribution in [0.2, 0.25) is 0 Å². The Kier molecular flexibility index (Phi) is 6.54. The molecule has 0 atom stereocenters. The molecule has 0 unspecified atom stereocenters. The molecule has 1 saturated carbocycles. The number of esters is 1. The second-order valence-electron chi connectivity index (χ2n) is 6.35. The zero-order chi connectivity index (χ0) is 19.3. The van der Waals surface area contributed by atoms with Crippen molar-refractivity contribution in [1.29, 1.82) is 0 Å². The Bertz CT molecular complexity index is 699. The van der Waals surface area contributed by atoms with Crippen molar-refractivity contribution in [3.05, 3.63) is 29.1 Å². The quantitative estimate of drug-likeness (QED) is 0.695. The van der Waals surface area contributed by atoms with E-state index in [4.69, 9.17) is 9.84 Å². The highest BCUT2D eigenvalue weighted by molar-refractivity contribution is 5.95. The highest BCUT2D eigenvalue weighted by Crippen LogP contribution is 2.25. The van der Waals surface area contributed by atoms with Gasteiger partial charge in [-0.15, -0.1) is 0 Å². The molecule has 1 aliphatic rings. The Morgan fingerprint density at radius 2 is 1.88 bits per heavy atom. The number of hydrogen-bond acceptors (Lipinski definition) is 4. The SMILES string of the molecule is CCOC(=O)c1cc(NC(=O)NC2CCC(C(=O)O)CC2)c(F)cc1C. The summed E-state index contributed by atoms with van der Waals surface area (Å²) in [4.78, 5) is 35.0. The van der Waals surface area contributed by atoms with Gasteiger partial charge in [0.2, 0.25) is 0 Å². The summed E-state index contributed by atoms with van der Waals surface area (Å²) in [6.07, 6.45) is 2.09. The van der Waals surface area contributed by atoms with Crippen molar-refractivity contribution in [1.82, 2.24) is 5.32 Å². The summed E-state index contributed by atoms with van der Waals surface area (Å²) in [7, 11) is 0. The first-order valence-electron chi connectivity index (χ1n) is 8.59. The lowest BCUT2D eigenvalue weighted by atomic mass is 9.86. The molecule has 3 N–H and O–H groups in total. The molecule has 26 heavy (non-hydrogen) atoms. The summed E-state index contributed by atoms with van der Waals surface area (Å²) in [5.74, 6) is -2.43. The molecule has 1 aromatic carbocycles. The summed E-state index contributed by atoms with van der Waals surface area (Å²) in [6, 6.07) is 1.66. The number of aliphatic carboxylic acids is 1. The molecule has 0 bridgehead atoms. The van der Waals surface area contributed by atoms with Crippen LogP contribution < -0.4 is 10.6 Å². The van der Waals surface area contributed by atoms with Gasteiger partial charge >= 0.3 is 18.0 Å². The van der Waals surface area contributed by atoms with Crippen molar-refractivity contribution < 1.29 is 28.6 Å². The van der Waals surface area contributed by atoms with E-state index in [-0.39, 0.29) is 29.8 Å². The molecule has 0 saturated heterocycles. The number of carbonyl (C=O) groups excluding carboxylic acids is 2. The van der Waals surface area contributed by atoms with Crippen molar-refractivity contribution in [3.8, 4) is 0 Å². The smallest absolute Gasteiger partial charge is 0.338 e. The van der Waals surface area contributed by atoms with Gasteiger partial charge in [0.25, 0.3) is 0 Å². The zero-order valence-corrected chi connectivity index (χ0v) is 14.8. The van der Waals surface area contributed by atoms with Gasteiger partial charge in [0, 0.05) is 6.04 Å². The number of carboxylic acid groups (broad SMARTS) is 1. The predicted octanol–water partition coefficient (Wildman–Crippen LogP) is 3.08. The molecule has 8 heteroatoms. The van der Waals surface area contributed by atoms with Gasteiger partial charge < -0.3 is 20.5 Å². The number of urea groups is 1. The van der Waals surface area contributed by atoms with Gasteiger partial charge in [-0.1, -0.05) is 0 Å². The van der Waals surface area contributed by atoms with Crippen molar-refractivity contribution in [2.45, 2.75) is 45.6 Å². The molecule has 1 fully saturated rings. The number of nitrogens with one attached hydrogen (secondary N) is 2. The highest BCUT2D eigenvalue weighted by atomic mass is 19.1. The zero-order valence-electron chi connectivity index (χ0n) is 14.8. The van der Waals surface area contributed by atoms with Crippen LogP contribution in [0.1, 0.15) is 48.5 Å². The maximum absolute atomic E-state index is 14.1. The third-order valence-corrected chi connectivity index (χ3v) is 4.47. The monoisotopic (exact) mass is 366 g/mol. The van der Waals surface area contributed by atoms with Crippen molar-refractivity contribution in [2.75, 3.05) is 11.9 Å². The first-order valence-corrected chi connectivity index (χ1v) is 8.59. The fraction of sp³-hybridized carbons (Fsp3) is 0.500. The number of aryl methyl sites for hydroxylation is 1. The molecule has 1 aromatic rings. The maximum Gasteiger partial charge on any atom is 0.338 e. The number of benzene rings is 1. The first kappa shape index (κ1) is 19.7. The van der Waals surface area contributed by atoms with Gasteiger partial charge in [-0.3, -0.25) is 4.79 Å². The average Bonchev–Trinajstić information content (AvgIpc) is 2.58. The van der Waals surface area contributed by atoms with E-state index in [1.54, 1.807) is 13.8 Å². The first-order chi connectivity index (χ1) is 12.3. The number of rotatable bonds is 5. The molecule has 1 aliphatic carbocycles. The van der Waals surface area contributed by atoms with Crippen LogP contribution in [0.3, 0.4) is 0 Å². The molecule has 7 nitrogen and oxygen atoms in total. The maximum atomic E-state index is 14.1. The molecule has 0 aromatic heterocycles. The second-order valence-corrected chi connectivity index (χ2v) is 6.35. The van der Waals surface area contributed by atoms with Gasteiger partial charge in [-0.05, 0) is 57.2 Å². The lowest BCUT2D eigenvalue weighted by molar-refractivity contribution is -0.142.